The van der Waals surface area contributed by atoms with E-state index in [-0.39, 0.29) is 5.56 Å². The molecule has 0 bridgehead atoms. The van der Waals surface area contributed by atoms with Crippen molar-refractivity contribution in [3.05, 3.63) is 56.2 Å². The lowest BCUT2D eigenvalue weighted by molar-refractivity contribution is 0.414. The molecule has 104 valence electrons. The molecule has 1 aromatic heterocycles. The number of benzene rings is 1. The summed E-state index contributed by atoms with van der Waals surface area (Å²) in [7, 11) is 1.58. The first-order chi connectivity index (χ1) is 9.60. The van der Waals surface area contributed by atoms with Gasteiger partial charge in [-0.25, -0.2) is 4.79 Å². The summed E-state index contributed by atoms with van der Waals surface area (Å²) in [6.45, 7) is 0.335. The van der Waals surface area contributed by atoms with E-state index >= 15 is 0 Å². The van der Waals surface area contributed by atoms with Crippen molar-refractivity contribution in [2.45, 2.75) is 6.54 Å². The zero-order chi connectivity index (χ0) is 14.5. The summed E-state index contributed by atoms with van der Waals surface area (Å²) in [6.07, 6.45) is 1.22. The van der Waals surface area contributed by atoms with Gasteiger partial charge in [0.1, 0.15) is 11.3 Å². The highest BCUT2D eigenvalue weighted by Crippen LogP contribution is 2.12. The molecule has 0 atom stereocenters. The average molecular weight is 275 g/mol. The molecule has 20 heavy (non-hydrogen) atoms. The van der Waals surface area contributed by atoms with Gasteiger partial charge in [-0.3, -0.25) is 19.8 Å². The second-order valence-corrected chi connectivity index (χ2v) is 3.99. The summed E-state index contributed by atoms with van der Waals surface area (Å²) in [6, 6.07) is 7.28. The SMILES string of the molecule is COc1ccc(CN=Cc2c(O)[nH]c(=O)[nH]c2=O)cc1. The maximum atomic E-state index is 11.4. The minimum Gasteiger partial charge on any atom is -0.497 e. The topological polar surface area (TPSA) is 108 Å². The first-order valence-electron chi connectivity index (χ1n) is 5.78. The third kappa shape index (κ3) is 3.14. The zero-order valence-corrected chi connectivity index (χ0v) is 10.7. The van der Waals surface area contributed by atoms with Gasteiger partial charge in [-0.15, -0.1) is 0 Å². The van der Waals surface area contributed by atoms with Crippen molar-refractivity contribution in [1.82, 2.24) is 9.97 Å². The summed E-state index contributed by atoms with van der Waals surface area (Å²) in [5.74, 6) is 0.240. The third-order valence-corrected chi connectivity index (χ3v) is 2.61. The smallest absolute Gasteiger partial charge is 0.328 e. The van der Waals surface area contributed by atoms with Crippen LogP contribution in [0.1, 0.15) is 11.1 Å². The monoisotopic (exact) mass is 275 g/mol. The number of nitrogens with one attached hydrogen (secondary N) is 2. The van der Waals surface area contributed by atoms with Crippen LogP contribution in [0.5, 0.6) is 11.6 Å². The lowest BCUT2D eigenvalue weighted by Crippen LogP contribution is -2.24. The van der Waals surface area contributed by atoms with Crippen molar-refractivity contribution in [2.75, 3.05) is 7.11 Å². The number of hydrogen-bond acceptors (Lipinski definition) is 5. The lowest BCUT2D eigenvalue weighted by atomic mass is 10.2. The fourth-order valence-corrected chi connectivity index (χ4v) is 1.58. The van der Waals surface area contributed by atoms with Crippen molar-refractivity contribution in [3.63, 3.8) is 0 Å². The Morgan fingerprint density at radius 3 is 2.55 bits per heavy atom. The lowest BCUT2D eigenvalue weighted by Gasteiger charge is -2.00. The van der Waals surface area contributed by atoms with Crippen LogP contribution < -0.4 is 16.0 Å². The van der Waals surface area contributed by atoms with Crippen LogP contribution in [-0.4, -0.2) is 28.4 Å². The van der Waals surface area contributed by atoms with E-state index in [2.05, 4.69) is 9.98 Å². The number of hydrogen-bond donors (Lipinski definition) is 3. The molecule has 7 heteroatoms. The molecule has 0 spiro atoms. The highest BCUT2D eigenvalue weighted by atomic mass is 16.5. The van der Waals surface area contributed by atoms with Gasteiger partial charge in [0.05, 0.1) is 13.7 Å². The number of rotatable bonds is 4. The average Bonchev–Trinajstić information content (AvgIpc) is 2.42. The van der Waals surface area contributed by atoms with E-state index < -0.39 is 17.1 Å². The number of H-pyrrole nitrogens is 2. The summed E-state index contributed by atoms with van der Waals surface area (Å²) < 4.78 is 5.03. The van der Waals surface area contributed by atoms with Crippen LogP contribution in [0, 0.1) is 0 Å². The maximum Gasteiger partial charge on any atom is 0.328 e. The molecule has 2 aromatic rings. The number of aliphatic imine (C=N–C) groups is 1. The normalized spacial score (nSPS) is 10.8. The van der Waals surface area contributed by atoms with E-state index in [0.717, 1.165) is 11.3 Å². The molecule has 0 aliphatic rings. The molecular formula is C13H13N3O4. The van der Waals surface area contributed by atoms with Crippen LogP contribution in [0.25, 0.3) is 0 Å². The van der Waals surface area contributed by atoms with E-state index in [1.165, 1.54) is 6.21 Å². The molecule has 0 unspecified atom stereocenters. The van der Waals surface area contributed by atoms with Gasteiger partial charge in [0, 0.05) is 6.21 Å². The number of aromatic hydroxyl groups is 1. The Hall–Kier alpha value is -2.83. The van der Waals surface area contributed by atoms with Crippen LogP contribution in [0.15, 0.2) is 38.8 Å². The fraction of sp³-hybridized carbons (Fsp3) is 0.154. The van der Waals surface area contributed by atoms with Gasteiger partial charge < -0.3 is 9.84 Å². The molecule has 0 saturated carbocycles. The molecule has 7 nitrogen and oxygen atoms in total. The van der Waals surface area contributed by atoms with Crippen LogP contribution in [-0.2, 0) is 6.54 Å². The first kappa shape index (κ1) is 13.6. The van der Waals surface area contributed by atoms with Crippen LogP contribution in [0.2, 0.25) is 0 Å². The molecule has 0 aliphatic heterocycles. The summed E-state index contributed by atoms with van der Waals surface area (Å²) in [4.78, 5) is 30.5. The number of aromatic nitrogens is 2. The highest BCUT2D eigenvalue weighted by Gasteiger charge is 2.04. The van der Waals surface area contributed by atoms with Gasteiger partial charge in [0.25, 0.3) is 5.56 Å². The maximum absolute atomic E-state index is 11.4. The second-order valence-electron chi connectivity index (χ2n) is 3.99. The van der Waals surface area contributed by atoms with E-state index in [4.69, 9.17) is 4.74 Å². The van der Waals surface area contributed by atoms with E-state index in [1.54, 1.807) is 19.2 Å². The quantitative estimate of drug-likeness (QED) is 0.702. The van der Waals surface area contributed by atoms with Gasteiger partial charge in [0.2, 0.25) is 5.88 Å². The Kier molecular flexibility index (Phi) is 3.99. The molecule has 1 heterocycles. The minimum atomic E-state index is -0.764. The molecule has 0 amide bonds. The van der Waals surface area contributed by atoms with Crippen molar-refractivity contribution >= 4 is 6.21 Å². The molecule has 0 saturated heterocycles. The number of ether oxygens (including phenoxy) is 1. The van der Waals surface area contributed by atoms with Crippen LogP contribution >= 0.6 is 0 Å². The van der Waals surface area contributed by atoms with E-state index in [0.29, 0.717) is 6.54 Å². The largest absolute Gasteiger partial charge is 0.497 e. The Balaban J connectivity index is 2.14. The Morgan fingerprint density at radius 2 is 1.95 bits per heavy atom. The van der Waals surface area contributed by atoms with E-state index in [9.17, 15) is 14.7 Å². The molecule has 0 radical (unpaired) electrons. The molecule has 0 aliphatic carbocycles. The summed E-state index contributed by atoms with van der Waals surface area (Å²) >= 11 is 0. The van der Waals surface area contributed by atoms with Crippen LogP contribution in [0.3, 0.4) is 0 Å². The molecule has 1 aromatic carbocycles. The van der Waals surface area contributed by atoms with E-state index in [1.807, 2.05) is 17.1 Å². The number of nitrogens with zero attached hydrogens (tertiary/aromatic N) is 1. The van der Waals surface area contributed by atoms with Gasteiger partial charge >= 0.3 is 5.69 Å². The Bertz CT molecular complexity index is 729. The predicted molar refractivity (Wildman–Crippen MR) is 73.6 cm³/mol. The fourth-order valence-electron chi connectivity index (χ4n) is 1.58. The molecule has 3 N–H and O–H groups in total. The zero-order valence-electron chi connectivity index (χ0n) is 10.7. The summed E-state index contributed by atoms with van der Waals surface area (Å²) in [5.41, 5.74) is -0.620. The first-order valence-corrected chi connectivity index (χ1v) is 5.78. The Morgan fingerprint density at radius 1 is 1.25 bits per heavy atom. The van der Waals surface area contributed by atoms with Gasteiger partial charge in [-0.1, -0.05) is 12.1 Å². The highest BCUT2D eigenvalue weighted by molar-refractivity contribution is 5.81. The Labute approximate surface area is 113 Å². The third-order valence-electron chi connectivity index (χ3n) is 2.61. The van der Waals surface area contributed by atoms with Crippen molar-refractivity contribution < 1.29 is 9.84 Å². The van der Waals surface area contributed by atoms with Gasteiger partial charge in [-0.05, 0) is 17.7 Å². The van der Waals surface area contributed by atoms with Crippen LogP contribution in [0.4, 0.5) is 0 Å². The van der Waals surface area contributed by atoms with Gasteiger partial charge in [0.15, 0.2) is 0 Å². The molecular weight excluding hydrogens is 262 g/mol. The molecule has 2 rings (SSSR count). The number of methoxy groups -OCH3 is 1. The molecule has 0 fully saturated rings. The predicted octanol–water partition coefficient (Wildman–Crippen LogP) is 0.396. The van der Waals surface area contributed by atoms with Crippen molar-refractivity contribution in [3.8, 4) is 11.6 Å². The standard InChI is InChI=1S/C13H13N3O4/c1-20-9-4-2-8(3-5-9)6-14-7-10-11(17)15-13(19)16-12(10)18/h2-5,7H,6H2,1H3,(H3,15,16,17,18,19). The second kappa shape index (κ2) is 5.87. The van der Waals surface area contributed by atoms with Crippen molar-refractivity contribution in [2.24, 2.45) is 4.99 Å². The summed E-state index contributed by atoms with van der Waals surface area (Å²) in [5, 5.41) is 9.45. The van der Waals surface area contributed by atoms with Crippen molar-refractivity contribution in [1.29, 1.82) is 0 Å². The van der Waals surface area contributed by atoms with Gasteiger partial charge in [-0.2, -0.15) is 0 Å². The minimum absolute atomic E-state index is 0.0851. The number of aromatic amines is 2.